The fraction of sp³-hybridized carbons (Fsp3) is 0.538. The number of hydrogen-bond acceptors (Lipinski definition) is 5. The zero-order valence-corrected chi connectivity index (χ0v) is 14.6. The second-order valence-electron chi connectivity index (χ2n) is 4.40. The number of nitrogens with one attached hydrogen (secondary N) is 1. The highest BCUT2D eigenvalue weighted by molar-refractivity contribution is 7.98. The Kier molecular flexibility index (Phi) is 7.83. The SMILES string of the molecule is COc1c(CN)cc(Cl)cc1S(=O)(=O)NCCCCSC. The zero-order chi connectivity index (χ0) is 15.9. The van der Waals surface area contributed by atoms with Crippen LogP contribution >= 0.6 is 23.4 Å². The maximum atomic E-state index is 12.4. The topological polar surface area (TPSA) is 81.4 Å². The molecule has 0 saturated carbocycles. The van der Waals surface area contributed by atoms with E-state index in [1.165, 1.54) is 13.2 Å². The summed E-state index contributed by atoms with van der Waals surface area (Å²) in [5.41, 5.74) is 6.17. The van der Waals surface area contributed by atoms with Crippen LogP contribution < -0.4 is 15.2 Å². The van der Waals surface area contributed by atoms with Crippen LogP contribution in [-0.4, -0.2) is 34.1 Å². The molecule has 0 amide bonds. The number of ether oxygens (including phenoxy) is 1. The van der Waals surface area contributed by atoms with Crippen LogP contribution in [0.15, 0.2) is 17.0 Å². The summed E-state index contributed by atoms with van der Waals surface area (Å²) in [6.07, 6.45) is 3.77. The number of sulfonamides is 1. The first-order valence-corrected chi connectivity index (χ1v) is 9.76. The van der Waals surface area contributed by atoms with Crippen molar-refractivity contribution in [1.29, 1.82) is 0 Å². The molecule has 8 heteroatoms. The highest BCUT2D eigenvalue weighted by Crippen LogP contribution is 2.31. The van der Waals surface area contributed by atoms with E-state index in [4.69, 9.17) is 22.1 Å². The van der Waals surface area contributed by atoms with E-state index >= 15 is 0 Å². The lowest BCUT2D eigenvalue weighted by Gasteiger charge is -2.14. The van der Waals surface area contributed by atoms with E-state index in [-0.39, 0.29) is 17.2 Å². The van der Waals surface area contributed by atoms with Gasteiger partial charge in [0.1, 0.15) is 10.6 Å². The fourth-order valence-electron chi connectivity index (χ4n) is 1.86. The van der Waals surface area contributed by atoms with E-state index in [1.807, 2.05) is 6.26 Å². The number of thioether (sulfide) groups is 1. The molecule has 0 saturated heterocycles. The molecule has 0 aliphatic heterocycles. The first-order chi connectivity index (χ1) is 9.96. The molecule has 5 nitrogen and oxygen atoms in total. The van der Waals surface area contributed by atoms with Crippen molar-refractivity contribution in [1.82, 2.24) is 4.72 Å². The Hall–Kier alpha value is -0.470. The molecule has 0 aliphatic carbocycles. The predicted molar refractivity (Wildman–Crippen MR) is 88.7 cm³/mol. The van der Waals surface area contributed by atoms with Gasteiger partial charge >= 0.3 is 0 Å². The minimum atomic E-state index is -3.67. The molecular weight excluding hydrogens is 332 g/mol. The van der Waals surface area contributed by atoms with Gasteiger partial charge in [-0.25, -0.2) is 13.1 Å². The summed E-state index contributed by atoms with van der Waals surface area (Å²) in [5.74, 6) is 1.26. The minimum Gasteiger partial charge on any atom is -0.495 e. The van der Waals surface area contributed by atoms with Gasteiger partial charge < -0.3 is 10.5 Å². The predicted octanol–water partition coefficient (Wildman–Crippen LogP) is 2.23. The maximum absolute atomic E-state index is 12.4. The minimum absolute atomic E-state index is 0.0304. The highest BCUT2D eigenvalue weighted by Gasteiger charge is 2.22. The lowest BCUT2D eigenvalue weighted by atomic mass is 10.2. The summed E-state index contributed by atoms with van der Waals surface area (Å²) >= 11 is 7.70. The van der Waals surface area contributed by atoms with Crippen LogP contribution in [0, 0.1) is 0 Å². The zero-order valence-electron chi connectivity index (χ0n) is 12.2. The molecule has 0 aliphatic rings. The van der Waals surface area contributed by atoms with Crippen LogP contribution in [0.25, 0.3) is 0 Å². The third-order valence-corrected chi connectivity index (χ3v) is 5.26. The van der Waals surface area contributed by atoms with Crippen LogP contribution in [0.2, 0.25) is 5.02 Å². The number of methoxy groups -OCH3 is 1. The highest BCUT2D eigenvalue weighted by atomic mass is 35.5. The Bertz CT molecular complexity index is 565. The molecule has 1 rings (SSSR count). The third-order valence-electron chi connectivity index (χ3n) is 2.88. The fourth-order valence-corrected chi connectivity index (χ4v) is 3.97. The second-order valence-corrected chi connectivity index (χ2v) is 7.56. The van der Waals surface area contributed by atoms with Crippen molar-refractivity contribution in [2.75, 3.05) is 25.7 Å². The van der Waals surface area contributed by atoms with Gasteiger partial charge in [-0.05, 0) is 37.0 Å². The lowest BCUT2D eigenvalue weighted by Crippen LogP contribution is -2.25. The standard InChI is InChI=1S/C13H21ClN2O3S2/c1-19-13-10(9-15)7-11(14)8-12(13)21(17,18)16-5-3-4-6-20-2/h7-8,16H,3-6,9,15H2,1-2H3. The molecule has 120 valence electrons. The van der Waals surface area contributed by atoms with Crippen molar-refractivity contribution in [2.24, 2.45) is 5.73 Å². The Morgan fingerprint density at radius 3 is 2.67 bits per heavy atom. The Labute approximate surface area is 135 Å². The van der Waals surface area contributed by atoms with E-state index in [2.05, 4.69) is 4.72 Å². The summed E-state index contributed by atoms with van der Waals surface area (Å²) in [6, 6.07) is 2.99. The Balaban J connectivity index is 2.94. The largest absolute Gasteiger partial charge is 0.495 e. The van der Waals surface area contributed by atoms with E-state index in [9.17, 15) is 8.42 Å². The summed E-state index contributed by atoms with van der Waals surface area (Å²) in [6.45, 7) is 0.538. The van der Waals surface area contributed by atoms with Gasteiger partial charge in [0.05, 0.1) is 7.11 Å². The number of unbranched alkanes of at least 4 members (excludes halogenated alkanes) is 1. The number of nitrogens with two attached hydrogens (primary N) is 1. The van der Waals surface area contributed by atoms with Crippen molar-refractivity contribution in [3.05, 3.63) is 22.7 Å². The van der Waals surface area contributed by atoms with Crippen molar-refractivity contribution >= 4 is 33.4 Å². The number of halogens is 1. The molecule has 0 spiro atoms. The van der Waals surface area contributed by atoms with Crippen molar-refractivity contribution in [3.63, 3.8) is 0 Å². The van der Waals surface area contributed by atoms with E-state index in [0.29, 0.717) is 17.1 Å². The van der Waals surface area contributed by atoms with E-state index in [1.54, 1.807) is 17.8 Å². The van der Waals surface area contributed by atoms with Crippen LogP contribution in [0.4, 0.5) is 0 Å². The molecule has 21 heavy (non-hydrogen) atoms. The summed E-state index contributed by atoms with van der Waals surface area (Å²) < 4.78 is 32.5. The second kappa shape index (κ2) is 8.85. The van der Waals surface area contributed by atoms with Gasteiger partial charge in [0.15, 0.2) is 0 Å². The van der Waals surface area contributed by atoms with Gasteiger partial charge in [-0.2, -0.15) is 11.8 Å². The number of rotatable bonds is 9. The molecule has 0 heterocycles. The first-order valence-electron chi connectivity index (χ1n) is 6.51. The van der Waals surface area contributed by atoms with Gasteiger partial charge in [-0.1, -0.05) is 11.6 Å². The van der Waals surface area contributed by atoms with Gasteiger partial charge in [-0.3, -0.25) is 0 Å². The normalized spacial score (nSPS) is 11.6. The smallest absolute Gasteiger partial charge is 0.244 e. The molecule has 0 unspecified atom stereocenters. The Morgan fingerprint density at radius 2 is 2.10 bits per heavy atom. The maximum Gasteiger partial charge on any atom is 0.244 e. The molecule has 0 radical (unpaired) electrons. The average Bonchev–Trinajstić information content (AvgIpc) is 2.46. The molecule has 0 aromatic heterocycles. The summed E-state index contributed by atoms with van der Waals surface area (Å²) in [4.78, 5) is 0.0304. The van der Waals surface area contributed by atoms with Crippen molar-refractivity contribution in [3.8, 4) is 5.75 Å². The van der Waals surface area contributed by atoms with Gasteiger partial charge in [-0.15, -0.1) is 0 Å². The van der Waals surface area contributed by atoms with Gasteiger partial charge in [0.2, 0.25) is 10.0 Å². The summed E-state index contributed by atoms with van der Waals surface area (Å²) in [5, 5.41) is 0.319. The van der Waals surface area contributed by atoms with Crippen LogP contribution in [0.1, 0.15) is 18.4 Å². The van der Waals surface area contributed by atoms with Gasteiger partial charge in [0.25, 0.3) is 0 Å². The third kappa shape index (κ3) is 5.34. The molecular formula is C13H21ClN2O3S2. The quantitative estimate of drug-likeness (QED) is 0.666. The van der Waals surface area contributed by atoms with Gasteiger partial charge in [0, 0.05) is 23.7 Å². The lowest BCUT2D eigenvalue weighted by molar-refractivity contribution is 0.397. The van der Waals surface area contributed by atoms with Crippen molar-refractivity contribution in [2.45, 2.75) is 24.3 Å². The van der Waals surface area contributed by atoms with Crippen LogP contribution in [0.3, 0.4) is 0 Å². The number of hydrogen-bond donors (Lipinski definition) is 2. The van der Waals surface area contributed by atoms with Crippen LogP contribution in [-0.2, 0) is 16.6 Å². The molecule has 3 N–H and O–H groups in total. The Morgan fingerprint density at radius 1 is 1.38 bits per heavy atom. The molecule has 1 aromatic rings. The number of benzene rings is 1. The van der Waals surface area contributed by atoms with Crippen LogP contribution in [0.5, 0.6) is 5.75 Å². The van der Waals surface area contributed by atoms with E-state index in [0.717, 1.165) is 18.6 Å². The van der Waals surface area contributed by atoms with E-state index < -0.39 is 10.0 Å². The first kappa shape index (κ1) is 18.6. The average molecular weight is 353 g/mol. The molecule has 0 atom stereocenters. The monoisotopic (exact) mass is 352 g/mol. The van der Waals surface area contributed by atoms with Crippen molar-refractivity contribution < 1.29 is 13.2 Å². The molecule has 1 aromatic carbocycles. The molecule has 0 bridgehead atoms. The summed E-state index contributed by atoms with van der Waals surface area (Å²) in [7, 11) is -2.25. The molecule has 0 fully saturated rings.